The molecule has 1 N–H and O–H groups in total. The molecule has 4 nitrogen and oxygen atoms in total. The van der Waals surface area contributed by atoms with Crippen LogP contribution in [0.25, 0.3) is 16.8 Å². The maximum Gasteiger partial charge on any atom is 0.139 e. The highest BCUT2D eigenvalue weighted by Crippen LogP contribution is 2.16. The summed E-state index contributed by atoms with van der Waals surface area (Å²) in [6.45, 7) is 0. The average Bonchev–Trinajstić information content (AvgIpc) is 2.49. The Labute approximate surface area is 109 Å². The number of fused-ring (bicyclic) bond motifs is 1. The summed E-state index contributed by atoms with van der Waals surface area (Å²) in [4.78, 5) is 4.25. The summed E-state index contributed by atoms with van der Waals surface area (Å²) >= 11 is 0. The smallest absolute Gasteiger partial charge is 0.139 e. The highest BCUT2D eigenvalue weighted by molar-refractivity contribution is 5.68. The molecule has 3 aromatic rings. The van der Waals surface area contributed by atoms with Crippen molar-refractivity contribution in [1.82, 2.24) is 9.38 Å². The second kappa shape index (κ2) is 4.39. The van der Waals surface area contributed by atoms with Crippen LogP contribution in [0.1, 0.15) is 5.56 Å². The van der Waals surface area contributed by atoms with Gasteiger partial charge in [-0.15, -0.1) is 0 Å². The molecule has 3 heterocycles. The third-order valence-corrected chi connectivity index (χ3v) is 2.98. The van der Waals surface area contributed by atoms with E-state index in [1.807, 2.05) is 36.4 Å². The number of hydrogen-bond donors (Lipinski definition) is 1. The van der Waals surface area contributed by atoms with Crippen LogP contribution >= 0.6 is 0 Å². The number of nitrogens with zero attached hydrogens (tertiary/aromatic N) is 3. The molecule has 0 atom stereocenters. The first-order valence-electron chi connectivity index (χ1n) is 5.82. The van der Waals surface area contributed by atoms with Crippen molar-refractivity contribution in [3.05, 3.63) is 65.9 Å². The van der Waals surface area contributed by atoms with E-state index in [9.17, 15) is 5.26 Å². The maximum atomic E-state index is 9.25. The number of rotatable bonds is 1. The second-order valence-electron chi connectivity index (χ2n) is 4.10. The zero-order valence-corrected chi connectivity index (χ0v) is 10.0. The zero-order chi connectivity index (χ0) is 13.2. The Morgan fingerprint density at radius 3 is 2.74 bits per heavy atom. The monoisotopic (exact) mass is 246 g/mol. The summed E-state index contributed by atoms with van der Waals surface area (Å²) in [5.41, 5.74) is 2.95. The molecular formula is C15H10N4. The first-order chi connectivity index (χ1) is 9.31. The Kier molecular flexibility index (Phi) is 2.58. The molecule has 0 amide bonds. The van der Waals surface area contributed by atoms with Gasteiger partial charge in [0.05, 0.1) is 16.8 Å². The molecule has 0 unspecified atom stereocenters. The largest absolute Gasteiger partial charge is 0.300 e. The van der Waals surface area contributed by atoms with E-state index in [4.69, 9.17) is 5.41 Å². The molecule has 0 aromatic carbocycles. The predicted octanol–water partition coefficient (Wildman–Crippen LogP) is 2.35. The van der Waals surface area contributed by atoms with Crippen LogP contribution in [0, 0.1) is 16.7 Å². The van der Waals surface area contributed by atoms with Crippen LogP contribution in [-0.2, 0) is 0 Å². The molecule has 4 heteroatoms. The van der Waals surface area contributed by atoms with Gasteiger partial charge < -0.3 is 4.40 Å². The van der Waals surface area contributed by atoms with E-state index in [0.717, 1.165) is 5.52 Å². The molecular weight excluding hydrogens is 236 g/mol. The van der Waals surface area contributed by atoms with Gasteiger partial charge in [-0.2, -0.15) is 5.26 Å². The van der Waals surface area contributed by atoms with Gasteiger partial charge in [0.25, 0.3) is 0 Å². The third kappa shape index (κ3) is 1.78. The number of aromatic nitrogens is 2. The molecule has 90 valence electrons. The number of nitrogens with one attached hydrogen (secondary N) is 1. The van der Waals surface area contributed by atoms with Crippen LogP contribution in [-0.4, -0.2) is 9.38 Å². The van der Waals surface area contributed by atoms with Gasteiger partial charge in [-0.3, -0.25) is 10.4 Å². The Morgan fingerprint density at radius 2 is 2.00 bits per heavy atom. The first kappa shape index (κ1) is 11.2. The van der Waals surface area contributed by atoms with Crippen molar-refractivity contribution in [3.63, 3.8) is 0 Å². The van der Waals surface area contributed by atoms with Crippen molar-refractivity contribution < 1.29 is 0 Å². The number of nitriles is 1. The molecule has 0 spiro atoms. The fourth-order valence-corrected chi connectivity index (χ4v) is 2.08. The number of pyridine rings is 3. The van der Waals surface area contributed by atoms with Gasteiger partial charge in [0.15, 0.2) is 0 Å². The molecule has 0 saturated heterocycles. The molecule has 3 rings (SSSR count). The van der Waals surface area contributed by atoms with Crippen LogP contribution in [0.2, 0.25) is 0 Å². The van der Waals surface area contributed by atoms with Crippen LogP contribution < -0.4 is 5.49 Å². The van der Waals surface area contributed by atoms with E-state index in [0.29, 0.717) is 22.3 Å². The lowest BCUT2D eigenvalue weighted by atomic mass is 10.1. The fraction of sp³-hybridized carbons (Fsp3) is 0. The van der Waals surface area contributed by atoms with Crippen molar-refractivity contribution in [1.29, 1.82) is 10.7 Å². The van der Waals surface area contributed by atoms with E-state index in [1.165, 1.54) is 0 Å². The Bertz CT molecular complexity index is 841. The number of hydrogen-bond acceptors (Lipinski definition) is 3. The first-order valence-corrected chi connectivity index (χ1v) is 5.82. The van der Waals surface area contributed by atoms with Gasteiger partial charge in [-0.05, 0) is 30.3 Å². The third-order valence-electron chi connectivity index (χ3n) is 2.98. The van der Waals surface area contributed by atoms with Gasteiger partial charge in [0, 0.05) is 18.0 Å². The van der Waals surface area contributed by atoms with Gasteiger partial charge in [-0.1, -0.05) is 12.1 Å². The van der Waals surface area contributed by atoms with Crippen molar-refractivity contribution in [2.75, 3.05) is 0 Å². The fourth-order valence-electron chi connectivity index (χ4n) is 2.08. The van der Waals surface area contributed by atoms with Crippen LogP contribution in [0.4, 0.5) is 0 Å². The molecule has 0 aliphatic rings. The lowest BCUT2D eigenvalue weighted by Gasteiger charge is -2.08. The standard InChI is InChI=1S/C15H10N4/c16-10-11-9-12(13-5-1-3-7-18-13)15(17)19-8-4-2-6-14(11)19/h1-9,17H. The molecule has 0 radical (unpaired) electrons. The second-order valence-corrected chi connectivity index (χ2v) is 4.10. The van der Waals surface area contributed by atoms with Crippen LogP contribution in [0.15, 0.2) is 54.9 Å². The van der Waals surface area contributed by atoms with E-state index in [2.05, 4.69) is 11.1 Å². The zero-order valence-electron chi connectivity index (χ0n) is 10.0. The van der Waals surface area contributed by atoms with Crippen molar-refractivity contribution in [2.45, 2.75) is 0 Å². The van der Waals surface area contributed by atoms with Crippen LogP contribution in [0.5, 0.6) is 0 Å². The maximum absolute atomic E-state index is 9.25. The molecule has 0 fully saturated rings. The molecule has 0 saturated carbocycles. The topological polar surface area (TPSA) is 64.9 Å². The van der Waals surface area contributed by atoms with E-state index in [-0.39, 0.29) is 0 Å². The minimum absolute atomic E-state index is 0.327. The van der Waals surface area contributed by atoms with Crippen molar-refractivity contribution in [2.24, 2.45) is 0 Å². The molecule has 0 bridgehead atoms. The lowest BCUT2D eigenvalue weighted by molar-refractivity contribution is 1.00. The Hall–Kier alpha value is -2.93. The lowest BCUT2D eigenvalue weighted by Crippen LogP contribution is -2.17. The summed E-state index contributed by atoms with van der Waals surface area (Å²) in [6, 6.07) is 15.0. The van der Waals surface area contributed by atoms with Crippen molar-refractivity contribution in [3.8, 4) is 17.3 Å². The van der Waals surface area contributed by atoms with Crippen LogP contribution in [0.3, 0.4) is 0 Å². The van der Waals surface area contributed by atoms with Gasteiger partial charge in [0.2, 0.25) is 0 Å². The quantitative estimate of drug-likeness (QED) is 0.716. The summed E-state index contributed by atoms with van der Waals surface area (Å²) in [5.74, 6) is 0. The van der Waals surface area contributed by atoms with E-state index in [1.54, 1.807) is 22.9 Å². The highest BCUT2D eigenvalue weighted by Gasteiger charge is 2.08. The summed E-state index contributed by atoms with van der Waals surface area (Å²) in [5, 5.41) is 17.5. The predicted molar refractivity (Wildman–Crippen MR) is 71.2 cm³/mol. The van der Waals surface area contributed by atoms with Crippen molar-refractivity contribution >= 4 is 5.52 Å². The Morgan fingerprint density at radius 1 is 1.16 bits per heavy atom. The molecule has 19 heavy (non-hydrogen) atoms. The Balaban J connectivity index is 2.43. The minimum atomic E-state index is 0.327. The van der Waals surface area contributed by atoms with Gasteiger partial charge in [-0.25, -0.2) is 0 Å². The van der Waals surface area contributed by atoms with E-state index < -0.39 is 0 Å². The summed E-state index contributed by atoms with van der Waals surface area (Å²) in [7, 11) is 0. The minimum Gasteiger partial charge on any atom is -0.300 e. The van der Waals surface area contributed by atoms with Gasteiger partial charge >= 0.3 is 0 Å². The molecule has 0 aliphatic carbocycles. The molecule has 3 aromatic heterocycles. The summed E-state index contributed by atoms with van der Waals surface area (Å²) in [6.07, 6.45) is 3.46. The summed E-state index contributed by atoms with van der Waals surface area (Å²) < 4.78 is 1.70. The molecule has 0 aliphatic heterocycles. The highest BCUT2D eigenvalue weighted by atomic mass is 14.9. The average molecular weight is 246 g/mol. The SMILES string of the molecule is N#Cc1cc(-c2ccccn2)c(=N)n2ccccc12. The van der Waals surface area contributed by atoms with E-state index >= 15 is 0 Å². The van der Waals surface area contributed by atoms with Gasteiger partial charge in [0.1, 0.15) is 11.6 Å². The normalized spacial score (nSPS) is 10.3.